The molecule has 0 radical (unpaired) electrons. The third kappa shape index (κ3) is 6.29. The summed E-state index contributed by atoms with van der Waals surface area (Å²) in [5.41, 5.74) is 3.17. The summed E-state index contributed by atoms with van der Waals surface area (Å²) in [6.45, 7) is 1.91. The van der Waals surface area contributed by atoms with Gasteiger partial charge in [0.05, 0.1) is 21.7 Å². The van der Waals surface area contributed by atoms with Crippen molar-refractivity contribution in [1.29, 1.82) is 0 Å². The number of benzene rings is 2. The van der Waals surface area contributed by atoms with Gasteiger partial charge in [-0.15, -0.1) is 11.3 Å². The molecule has 0 atom stereocenters. The largest absolute Gasteiger partial charge is 0.329 e. The normalized spacial score (nSPS) is 11.0. The minimum Gasteiger partial charge on any atom is -0.329 e. The monoisotopic (exact) mass is 517 g/mol. The Bertz CT molecular complexity index is 1320. The number of nitrogens with zero attached hydrogens (tertiary/aromatic N) is 3. The molecule has 0 saturated carbocycles. The van der Waals surface area contributed by atoms with Crippen LogP contribution in [0, 0.1) is 6.92 Å². The molecule has 0 aliphatic carbocycles. The maximum Gasteiger partial charge on any atom is 0.234 e. The molecule has 0 aliphatic rings. The third-order valence-corrected chi connectivity index (χ3v) is 8.17. The van der Waals surface area contributed by atoms with Crippen molar-refractivity contribution in [1.82, 2.24) is 14.5 Å². The van der Waals surface area contributed by atoms with Crippen LogP contribution in [0.15, 0.2) is 58.3 Å². The first-order valence-corrected chi connectivity index (χ1v) is 13.0. The fraction of sp³-hybridized carbons (Fsp3) is 0.182. The Balaban J connectivity index is 1.31. The molecule has 0 bridgehead atoms. The fourth-order valence-electron chi connectivity index (χ4n) is 2.86. The summed E-state index contributed by atoms with van der Waals surface area (Å²) in [6.07, 6.45) is 3.55. The number of hydrogen-bond donors (Lipinski definition) is 2. The Morgan fingerprint density at radius 3 is 2.45 bits per heavy atom. The van der Waals surface area contributed by atoms with Crippen LogP contribution in [0.25, 0.3) is 10.2 Å². The number of anilines is 2. The van der Waals surface area contributed by atoms with E-state index in [9.17, 15) is 9.59 Å². The van der Waals surface area contributed by atoms with Gasteiger partial charge in [0, 0.05) is 35.8 Å². The standard InChI is InChI=1S/C22H20ClN5O2S3/c1-13-3-4-14(9-16(13)23)25-20(30)12-32-22-27-17-6-5-15(10-18(17)33-22)26-19(29)11-31-21-24-7-8-28(21)2/h3-10H,11-12H2,1-2H3,(H,25,30)(H,26,29). The molecule has 2 aromatic carbocycles. The number of carbonyl (C=O) groups excluding carboxylic acids is 2. The molecule has 0 aliphatic heterocycles. The Kier molecular flexibility index (Phi) is 7.59. The van der Waals surface area contributed by atoms with E-state index < -0.39 is 0 Å². The Labute approximate surface area is 208 Å². The highest BCUT2D eigenvalue weighted by molar-refractivity contribution is 8.01. The highest BCUT2D eigenvalue weighted by Crippen LogP contribution is 2.31. The quantitative estimate of drug-likeness (QED) is 0.302. The summed E-state index contributed by atoms with van der Waals surface area (Å²) in [6, 6.07) is 11.0. The molecule has 0 saturated heterocycles. The molecule has 170 valence electrons. The lowest BCUT2D eigenvalue weighted by Crippen LogP contribution is -2.14. The second-order valence-electron chi connectivity index (χ2n) is 7.12. The van der Waals surface area contributed by atoms with Gasteiger partial charge in [-0.2, -0.15) is 0 Å². The van der Waals surface area contributed by atoms with Gasteiger partial charge in [0.1, 0.15) is 0 Å². The molecule has 33 heavy (non-hydrogen) atoms. The van der Waals surface area contributed by atoms with E-state index in [0.29, 0.717) is 16.4 Å². The van der Waals surface area contributed by atoms with Crippen LogP contribution < -0.4 is 10.6 Å². The summed E-state index contributed by atoms with van der Waals surface area (Å²) in [5, 5.41) is 7.17. The van der Waals surface area contributed by atoms with E-state index in [2.05, 4.69) is 20.6 Å². The highest BCUT2D eigenvalue weighted by Gasteiger charge is 2.11. The Hall–Kier alpha value is -2.53. The van der Waals surface area contributed by atoms with Crippen LogP contribution in [0.5, 0.6) is 0 Å². The van der Waals surface area contributed by atoms with Crippen molar-refractivity contribution in [3.05, 3.63) is 59.4 Å². The lowest BCUT2D eigenvalue weighted by molar-refractivity contribution is -0.114. The average Bonchev–Trinajstić information content (AvgIpc) is 3.38. The van der Waals surface area contributed by atoms with Crippen molar-refractivity contribution >= 4 is 79.9 Å². The lowest BCUT2D eigenvalue weighted by Gasteiger charge is -2.06. The minimum absolute atomic E-state index is 0.102. The van der Waals surface area contributed by atoms with E-state index in [4.69, 9.17) is 11.6 Å². The number of imidazole rings is 1. The van der Waals surface area contributed by atoms with Gasteiger partial charge in [0.2, 0.25) is 11.8 Å². The van der Waals surface area contributed by atoms with Gasteiger partial charge in [0.25, 0.3) is 0 Å². The zero-order chi connectivity index (χ0) is 23.4. The van der Waals surface area contributed by atoms with Gasteiger partial charge in [-0.3, -0.25) is 9.59 Å². The van der Waals surface area contributed by atoms with Crippen molar-refractivity contribution in [3.8, 4) is 0 Å². The van der Waals surface area contributed by atoms with E-state index in [1.165, 1.54) is 34.9 Å². The second-order valence-corrected chi connectivity index (χ2v) is 10.7. The topological polar surface area (TPSA) is 88.9 Å². The number of fused-ring (bicyclic) bond motifs is 1. The number of aryl methyl sites for hydroxylation is 2. The van der Waals surface area contributed by atoms with E-state index in [1.807, 2.05) is 55.1 Å². The van der Waals surface area contributed by atoms with E-state index >= 15 is 0 Å². The lowest BCUT2D eigenvalue weighted by atomic mass is 10.2. The zero-order valence-electron chi connectivity index (χ0n) is 17.8. The summed E-state index contributed by atoms with van der Waals surface area (Å²) in [4.78, 5) is 33.3. The average molecular weight is 518 g/mol. The van der Waals surface area contributed by atoms with Crippen molar-refractivity contribution in [2.45, 2.75) is 16.4 Å². The van der Waals surface area contributed by atoms with Crippen molar-refractivity contribution in [3.63, 3.8) is 0 Å². The summed E-state index contributed by atoms with van der Waals surface area (Å²) < 4.78 is 3.60. The maximum absolute atomic E-state index is 12.3. The number of hydrogen-bond acceptors (Lipinski definition) is 7. The molecule has 11 heteroatoms. The van der Waals surface area contributed by atoms with Crippen LogP contribution >= 0.6 is 46.5 Å². The SMILES string of the molecule is Cc1ccc(NC(=O)CSc2nc3ccc(NC(=O)CSc4nccn4C)cc3s2)cc1Cl. The molecule has 2 aromatic heterocycles. The Morgan fingerprint density at radius 1 is 1.06 bits per heavy atom. The number of nitrogens with one attached hydrogen (secondary N) is 2. The molecule has 2 heterocycles. The molecule has 2 amide bonds. The predicted octanol–water partition coefficient (Wildman–Crippen LogP) is 5.45. The van der Waals surface area contributed by atoms with Gasteiger partial charge in [-0.25, -0.2) is 9.97 Å². The Morgan fingerprint density at radius 2 is 1.76 bits per heavy atom. The van der Waals surface area contributed by atoms with Crippen LogP contribution in [-0.2, 0) is 16.6 Å². The third-order valence-electron chi connectivity index (χ3n) is 4.54. The van der Waals surface area contributed by atoms with E-state index in [1.54, 1.807) is 12.3 Å². The van der Waals surface area contributed by atoms with E-state index in [-0.39, 0.29) is 23.3 Å². The van der Waals surface area contributed by atoms with Crippen LogP contribution in [0.1, 0.15) is 5.56 Å². The molecule has 4 aromatic rings. The van der Waals surface area contributed by atoms with Crippen molar-refractivity contribution in [2.75, 3.05) is 22.1 Å². The van der Waals surface area contributed by atoms with Crippen LogP contribution in [0.3, 0.4) is 0 Å². The molecule has 0 spiro atoms. The molecule has 2 N–H and O–H groups in total. The molecular formula is C22H20ClN5O2S3. The van der Waals surface area contributed by atoms with Gasteiger partial charge in [0.15, 0.2) is 9.50 Å². The smallest absolute Gasteiger partial charge is 0.234 e. The van der Waals surface area contributed by atoms with Crippen LogP contribution in [0.2, 0.25) is 5.02 Å². The van der Waals surface area contributed by atoms with Crippen molar-refractivity contribution < 1.29 is 9.59 Å². The maximum atomic E-state index is 12.3. The van der Waals surface area contributed by atoms with Gasteiger partial charge < -0.3 is 15.2 Å². The predicted molar refractivity (Wildman–Crippen MR) is 138 cm³/mol. The highest BCUT2D eigenvalue weighted by atomic mass is 35.5. The number of aromatic nitrogens is 3. The minimum atomic E-state index is -0.127. The second kappa shape index (κ2) is 10.6. The number of amides is 2. The summed E-state index contributed by atoms with van der Waals surface area (Å²) in [5.74, 6) is 0.277. The van der Waals surface area contributed by atoms with Gasteiger partial charge in [-0.1, -0.05) is 41.2 Å². The number of thioether (sulfide) groups is 2. The summed E-state index contributed by atoms with van der Waals surface area (Å²) in [7, 11) is 1.89. The number of halogens is 1. The zero-order valence-corrected chi connectivity index (χ0v) is 21.0. The molecule has 0 fully saturated rings. The fourth-order valence-corrected chi connectivity index (χ4v) is 5.68. The van der Waals surface area contributed by atoms with Gasteiger partial charge in [-0.05, 0) is 42.8 Å². The van der Waals surface area contributed by atoms with Crippen LogP contribution in [-0.4, -0.2) is 37.9 Å². The molecule has 0 unspecified atom stereocenters. The number of carbonyl (C=O) groups is 2. The number of thiazole rings is 1. The molecule has 4 rings (SSSR count). The first kappa shape index (κ1) is 23.6. The molecule has 7 nitrogen and oxygen atoms in total. The number of rotatable bonds is 8. The first-order chi connectivity index (χ1) is 15.9. The van der Waals surface area contributed by atoms with Crippen LogP contribution in [0.4, 0.5) is 11.4 Å². The van der Waals surface area contributed by atoms with E-state index in [0.717, 1.165) is 25.3 Å². The first-order valence-electron chi connectivity index (χ1n) is 9.87. The van der Waals surface area contributed by atoms with Gasteiger partial charge >= 0.3 is 0 Å². The van der Waals surface area contributed by atoms with Crippen molar-refractivity contribution in [2.24, 2.45) is 7.05 Å². The molecular weight excluding hydrogens is 498 g/mol. The summed E-state index contributed by atoms with van der Waals surface area (Å²) >= 11 is 10.3.